The number of sulfonamides is 1. The Balaban J connectivity index is 1.69. The summed E-state index contributed by atoms with van der Waals surface area (Å²) in [6, 6.07) is 13.5. The Morgan fingerprint density at radius 3 is 2.52 bits per heavy atom. The number of hydrogen-bond donors (Lipinski definition) is 2. The third-order valence-corrected chi connectivity index (χ3v) is 6.50. The number of rotatable bonds is 6. The standard InChI is InChI=1S/C16H12Cl2N4O3S2/c17-11-6-7-12(13(18)8-11)14(23)20-15-21-22-16(26-15)27(24,25)19-9-10-4-2-1-3-5-10/h1-8,19H,9H2,(H,20,21,23). The van der Waals surface area contributed by atoms with Gasteiger partial charge in [-0.1, -0.05) is 64.9 Å². The highest BCUT2D eigenvalue weighted by Crippen LogP contribution is 2.24. The van der Waals surface area contributed by atoms with Crippen LogP contribution in [0.2, 0.25) is 10.0 Å². The molecule has 0 bridgehead atoms. The molecular formula is C16H12Cl2N4O3S2. The van der Waals surface area contributed by atoms with E-state index in [4.69, 9.17) is 23.2 Å². The molecule has 3 rings (SSSR count). The average Bonchev–Trinajstić information content (AvgIpc) is 3.10. The first-order valence-electron chi connectivity index (χ1n) is 7.48. The van der Waals surface area contributed by atoms with Gasteiger partial charge in [0.15, 0.2) is 0 Å². The van der Waals surface area contributed by atoms with Gasteiger partial charge in [0.05, 0.1) is 10.6 Å². The van der Waals surface area contributed by atoms with Crippen molar-refractivity contribution in [3.8, 4) is 0 Å². The first-order valence-corrected chi connectivity index (χ1v) is 10.5. The second-order valence-corrected chi connectivity index (χ2v) is 9.02. The molecule has 0 radical (unpaired) electrons. The van der Waals surface area contributed by atoms with Crippen LogP contribution in [-0.4, -0.2) is 24.5 Å². The normalized spacial score (nSPS) is 11.3. The van der Waals surface area contributed by atoms with Crippen LogP contribution >= 0.6 is 34.5 Å². The van der Waals surface area contributed by atoms with Crippen LogP contribution in [-0.2, 0) is 16.6 Å². The number of aromatic nitrogens is 2. The van der Waals surface area contributed by atoms with Gasteiger partial charge in [-0.25, -0.2) is 13.1 Å². The highest BCUT2D eigenvalue weighted by Gasteiger charge is 2.21. The molecule has 2 N–H and O–H groups in total. The van der Waals surface area contributed by atoms with Gasteiger partial charge in [0.25, 0.3) is 15.9 Å². The molecule has 0 aliphatic rings. The molecule has 3 aromatic rings. The summed E-state index contributed by atoms with van der Waals surface area (Å²) in [4.78, 5) is 12.3. The summed E-state index contributed by atoms with van der Waals surface area (Å²) in [5, 5.41) is 10.4. The number of anilines is 1. The molecule has 1 heterocycles. The van der Waals surface area contributed by atoms with Crippen molar-refractivity contribution in [1.82, 2.24) is 14.9 Å². The van der Waals surface area contributed by atoms with E-state index < -0.39 is 15.9 Å². The van der Waals surface area contributed by atoms with Gasteiger partial charge in [0.1, 0.15) is 0 Å². The van der Waals surface area contributed by atoms with Crippen molar-refractivity contribution in [3.05, 3.63) is 69.7 Å². The van der Waals surface area contributed by atoms with Crippen molar-refractivity contribution >= 4 is 55.6 Å². The molecular weight excluding hydrogens is 431 g/mol. The largest absolute Gasteiger partial charge is 0.296 e. The van der Waals surface area contributed by atoms with Crippen LogP contribution < -0.4 is 10.0 Å². The molecule has 0 saturated heterocycles. The number of amides is 1. The predicted molar refractivity (Wildman–Crippen MR) is 105 cm³/mol. The van der Waals surface area contributed by atoms with Crippen molar-refractivity contribution < 1.29 is 13.2 Å². The molecule has 2 aromatic carbocycles. The van der Waals surface area contributed by atoms with Crippen LogP contribution in [0.5, 0.6) is 0 Å². The van der Waals surface area contributed by atoms with E-state index in [2.05, 4.69) is 20.2 Å². The van der Waals surface area contributed by atoms with E-state index >= 15 is 0 Å². The zero-order chi connectivity index (χ0) is 19.4. The Kier molecular flexibility index (Phi) is 6.08. The van der Waals surface area contributed by atoms with Crippen LogP contribution in [0.4, 0.5) is 5.13 Å². The van der Waals surface area contributed by atoms with Crippen LogP contribution in [0.3, 0.4) is 0 Å². The maximum Gasteiger partial charge on any atom is 0.270 e. The van der Waals surface area contributed by atoms with Crippen molar-refractivity contribution in [2.45, 2.75) is 10.9 Å². The maximum absolute atomic E-state index is 12.3. The summed E-state index contributed by atoms with van der Waals surface area (Å²) in [7, 11) is -3.85. The summed E-state index contributed by atoms with van der Waals surface area (Å²) in [5.41, 5.74) is 0.986. The Morgan fingerprint density at radius 1 is 1.07 bits per heavy atom. The Labute approximate surface area is 169 Å². The molecule has 0 aliphatic heterocycles. The van der Waals surface area contributed by atoms with Crippen LogP contribution in [0.25, 0.3) is 0 Å². The quantitative estimate of drug-likeness (QED) is 0.568. The molecule has 7 nitrogen and oxygen atoms in total. The summed E-state index contributed by atoms with van der Waals surface area (Å²) < 4.78 is 26.8. The minimum atomic E-state index is -3.85. The van der Waals surface area contributed by atoms with Gasteiger partial charge in [-0.3, -0.25) is 10.1 Å². The zero-order valence-electron chi connectivity index (χ0n) is 13.5. The fourth-order valence-corrected chi connectivity index (χ4v) is 4.49. The fourth-order valence-electron chi connectivity index (χ4n) is 2.04. The van der Waals surface area contributed by atoms with Crippen molar-refractivity contribution in [2.75, 3.05) is 5.32 Å². The number of carbonyl (C=O) groups excluding carboxylic acids is 1. The minimum Gasteiger partial charge on any atom is -0.296 e. The van der Waals surface area contributed by atoms with E-state index in [0.717, 1.165) is 16.9 Å². The van der Waals surface area contributed by atoms with Crippen molar-refractivity contribution in [1.29, 1.82) is 0 Å². The molecule has 11 heteroatoms. The van der Waals surface area contributed by atoms with Gasteiger partial charge in [-0.05, 0) is 23.8 Å². The van der Waals surface area contributed by atoms with Crippen LogP contribution in [0.15, 0.2) is 52.9 Å². The number of benzene rings is 2. The second kappa shape index (κ2) is 8.32. The van der Waals surface area contributed by atoms with Crippen LogP contribution in [0.1, 0.15) is 15.9 Å². The smallest absolute Gasteiger partial charge is 0.270 e. The Bertz CT molecular complexity index is 1070. The lowest BCUT2D eigenvalue weighted by atomic mass is 10.2. The lowest BCUT2D eigenvalue weighted by Gasteiger charge is -2.04. The van der Waals surface area contributed by atoms with Gasteiger partial charge < -0.3 is 0 Å². The molecule has 1 aromatic heterocycles. The van der Waals surface area contributed by atoms with Gasteiger partial charge in [0.2, 0.25) is 9.47 Å². The summed E-state index contributed by atoms with van der Waals surface area (Å²) >= 11 is 12.5. The first kappa shape index (κ1) is 19.7. The molecule has 1 amide bonds. The van der Waals surface area contributed by atoms with E-state index in [1.807, 2.05) is 18.2 Å². The van der Waals surface area contributed by atoms with Gasteiger partial charge >= 0.3 is 0 Å². The second-order valence-electron chi connectivity index (χ2n) is 5.26. The highest BCUT2D eigenvalue weighted by atomic mass is 35.5. The summed E-state index contributed by atoms with van der Waals surface area (Å²) in [6.45, 7) is 0.116. The molecule has 0 unspecified atom stereocenters. The molecule has 0 spiro atoms. The number of nitrogens with one attached hydrogen (secondary N) is 2. The molecule has 140 valence electrons. The monoisotopic (exact) mass is 442 g/mol. The first-order chi connectivity index (χ1) is 12.8. The third-order valence-electron chi connectivity index (χ3n) is 3.34. The topological polar surface area (TPSA) is 101 Å². The highest BCUT2D eigenvalue weighted by molar-refractivity contribution is 7.91. The predicted octanol–water partition coefficient (Wildman–Crippen LogP) is 3.58. The molecule has 0 aliphatic carbocycles. The molecule has 0 atom stereocenters. The summed E-state index contributed by atoms with van der Waals surface area (Å²) in [5.74, 6) is -0.547. The summed E-state index contributed by atoms with van der Waals surface area (Å²) in [6.07, 6.45) is 0. The van der Waals surface area contributed by atoms with Crippen molar-refractivity contribution in [3.63, 3.8) is 0 Å². The molecule has 0 saturated carbocycles. The van der Waals surface area contributed by atoms with E-state index in [9.17, 15) is 13.2 Å². The average molecular weight is 443 g/mol. The SMILES string of the molecule is O=C(Nc1nnc(S(=O)(=O)NCc2ccccc2)s1)c1ccc(Cl)cc1Cl. The number of hydrogen-bond acceptors (Lipinski definition) is 6. The molecule has 27 heavy (non-hydrogen) atoms. The van der Waals surface area contributed by atoms with Crippen LogP contribution in [0, 0.1) is 0 Å². The number of halogens is 2. The fraction of sp³-hybridized carbons (Fsp3) is 0.0625. The van der Waals surface area contributed by atoms with Gasteiger partial charge in [-0.2, -0.15) is 0 Å². The van der Waals surface area contributed by atoms with Gasteiger partial charge in [-0.15, -0.1) is 10.2 Å². The van der Waals surface area contributed by atoms with E-state index in [1.165, 1.54) is 18.2 Å². The lowest BCUT2D eigenvalue weighted by Crippen LogP contribution is -2.23. The van der Waals surface area contributed by atoms with Gasteiger partial charge in [0, 0.05) is 11.6 Å². The maximum atomic E-state index is 12.3. The Hall–Kier alpha value is -2.04. The zero-order valence-corrected chi connectivity index (χ0v) is 16.7. The molecule has 0 fully saturated rings. The number of nitrogens with zero attached hydrogens (tertiary/aromatic N) is 2. The lowest BCUT2D eigenvalue weighted by molar-refractivity contribution is 0.102. The van der Waals surface area contributed by atoms with E-state index in [0.29, 0.717) is 5.02 Å². The van der Waals surface area contributed by atoms with Crippen molar-refractivity contribution in [2.24, 2.45) is 0 Å². The Morgan fingerprint density at radius 2 is 1.81 bits per heavy atom. The van der Waals surface area contributed by atoms with E-state index in [-0.39, 0.29) is 26.6 Å². The van der Waals surface area contributed by atoms with E-state index in [1.54, 1.807) is 12.1 Å². The minimum absolute atomic E-state index is 0.0334. The number of carbonyl (C=O) groups is 1. The third kappa shape index (κ3) is 5.02.